The van der Waals surface area contributed by atoms with E-state index < -0.39 is 17.4 Å². The Labute approximate surface area is 293 Å². The van der Waals surface area contributed by atoms with Crippen LogP contribution in [0.3, 0.4) is 0 Å². The Morgan fingerprint density at radius 3 is 1.59 bits per heavy atom. The molecule has 272 valence electrons. The highest BCUT2D eigenvalue weighted by atomic mass is 16.6. The second-order valence-electron chi connectivity index (χ2n) is 17.1. The van der Waals surface area contributed by atoms with Crippen LogP contribution in [0, 0.1) is 5.41 Å². The van der Waals surface area contributed by atoms with Gasteiger partial charge in [0.1, 0.15) is 36.9 Å². The molecule has 0 bridgehead atoms. The second kappa shape index (κ2) is 15.1. The Hall–Kier alpha value is -3.59. The van der Waals surface area contributed by atoms with Gasteiger partial charge in [-0.25, -0.2) is 0 Å². The van der Waals surface area contributed by atoms with Crippen LogP contribution in [0.4, 0.5) is 0 Å². The third kappa shape index (κ3) is 10.2. The van der Waals surface area contributed by atoms with E-state index in [1.807, 2.05) is 67.5 Å². The molecule has 0 spiro atoms. The molecule has 1 aliphatic rings. The van der Waals surface area contributed by atoms with Crippen molar-refractivity contribution in [2.24, 2.45) is 5.41 Å². The molecule has 9 nitrogen and oxygen atoms in total. The van der Waals surface area contributed by atoms with Crippen molar-refractivity contribution in [1.29, 1.82) is 0 Å². The fourth-order valence-electron chi connectivity index (χ4n) is 6.06. The molecular weight excluding hydrogens is 624 g/mol. The van der Waals surface area contributed by atoms with E-state index in [-0.39, 0.29) is 66.9 Å². The minimum Gasteiger partial charge on any atom is -0.507 e. The summed E-state index contributed by atoms with van der Waals surface area (Å²) in [6.07, 6.45) is 1.12. The molecule has 9 heteroatoms. The van der Waals surface area contributed by atoms with Gasteiger partial charge in [-0.2, -0.15) is 0 Å². The lowest BCUT2D eigenvalue weighted by atomic mass is 9.78. The Kier molecular flexibility index (Phi) is 12.3. The first-order valence-corrected chi connectivity index (χ1v) is 17.1. The van der Waals surface area contributed by atoms with E-state index in [0.717, 1.165) is 39.1 Å². The fraction of sp³-hybridized carbons (Fsp3) is 0.625. The first-order chi connectivity index (χ1) is 22.5. The first kappa shape index (κ1) is 39.8. The van der Waals surface area contributed by atoms with E-state index in [2.05, 4.69) is 32.9 Å². The third-order valence-electron chi connectivity index (χ3n) is 8.97. The van der Waals surface area contributed by atoms with Gasteiger partial charge in [0.05, 0.1) is 12.0 Å². The predicted molar refractivity (Wildman–Crippen MR) is 189 cm³/mol. The van der Waals surface area contributed by atoms with Crippen molar-refractivity contribution >= 4 is 18.4 Å². The Morgan fingerprint density at radius 1 is 0.735 bits per heavy atom. The summed E-state index contributed by atoms with van der Waals surface area (Å²) < 4.78 is 28.0. The molecule has 2 aromatic carbocycles. The van der Waals surface area contributed by atoms with Gasteiger partial charge in [-0.05, 0) is 71.3 Å². The van der Waals surface area contributed by atoms with Crippen molar-refractivity contribution in [3.8, 4) is 11.5 Å². The van der Waals surface area contributed by atoms with Crippen LogP contribution in [0.5, 0.6) is 11.5 Å². The van der Waals surface area contributed by atoms with Crippen LogP contribution in [-0.4, -0.2) is 57.1 Å². The average molecular weight is 683 g/mol. The maximum absolute atomic E-state index is 13.0. The van der Waals surface area contributed by atoms with E-state index in [4.69, 9.17) is 23.7 Å². The second-order valence-corrected chi connectivity index (χ2v) is 17.1. The molecule has 3 rings (SSSR count). The lowest BCUT2D eigenvalue weighted by Crippen LogP contribution is -2.42. The SMILES string of the molecule is COCC(COC=O)(COC(=O)CCc1cc(C(C)(C)C)c(O)c(C(C)(C)C)c1)COC(=O)CCc1cc(C(C)(C)C)c2c(c1)C(C)(C)O2. The van der Waals surface area contributed by atoms with Crippen molar-refractivity contribution in [2.45, 2.75) is 124 Å². The van der Waals surface area contributed by atoms with E-state index in [1.165, 1.54) is 7.11 Å². The maximum Gasteiger partial charge on any atom is 0.306 e. The summed E-state index contributed by atoms with van der Waals surface area (Å²) in [6.45, 7) is 22.6. The van der Waals surface area contributed by atoms with Gasteiger partial charge in [0, 0.05) is 31.1 Å². The van der Waals surface area contributed by atoms with Crippen molar-refractivity contribution in [2.75, 3.05) is 33.5 Å². The van der Waals surface area contributed by atoms with E-state index >= 15 is 0 Å². The summed E-state index contributed by atoms with van der Waals surface area (Å²) in [5, 5.41) is 11.0. The number of carbonyl (C=O) groups is 3. The molecule has 1 N–H and O–H groups in total. The molecule has 0 saturated carbocycles. The summed E-state index contributed by atoms with van der Waals surface area (Å²) >= 11 is 0. The van der Waals surface area contributed by atoms with Crippen molar-refractivity contribution in [3.05, 3.63) is 57.6 Å². The van der Waals surface area contributed by atoms with Crippen LogP contribution in [-0.2, 0) is 68.0 Å². The lowest BCUT2D eigenvalue weighted by Gasteiger charge is -2.42. The monoisotopic (exact) mass is 682 g/mol. The molecule has 0 amide bonds. The Bertz CT molecular complexity index is 1470. The number of hydrogen-bond donors (Lipinski definition) is 1. The number of hydrogen-bond acceptors (Lipinski definition) is 9. The molecule has 1 aliphatic heterocycles. The number of benzene rings is 2. The van der Waals surface area contributed by atoms with Crippen molar-refractivity contribution in [3.63, 3.8) is 0 Å². The van der Waals surface area contributed by atoms with Crippen molar-refractivity contribution in [1.82, 2.24) is 0 Å². The first-order valence-electron chi connectivity index (χ1n) is 17.1. The van der Waals surface area contributed by atoms with E-state index in [1.54, 1.807) is 0 Å². The van der Waals surface area contributed by atoms with Gasteiger partial charge in [0.15, 0.2) is 0 Å². The summed E-state index contributed by atoms with van der Waals surface area (Å²) in [7, 11) is 1.48. The maximum atomic E-state index is 13.0. The van der Waals surface area contributed by atoms with Crippen molar-refractivity contribution < 1.29 is 43.2 Å². The number of phenolic OH excluding ortho intramolecular Hbond substituents is 1. The molecule has 0 radical (unpaired) electrons. The smallest absolute Gasteiger partial charge is 0.306 e. The lowest BCUT2D eigenvalue weighted by molar-refractivity contribution is -0.162. The summed E-state index contributed by atoms with van der Waals surface area (Å²) in [5.74, 6) is 0.323. The van der Waals surface area contributed by atoms with Gasteiger partial charge in [-0.3, -0.25) is 14.4 Å². The number of phenols is 1. The summed E-state index contributed by atoms with van der Waals surface area (Å²) in [5.41, 5.74) is 3.65. The highest BCUT2D eigenvalue weighted by Gasteiger charge is 2.41. The van der Waals surface area contributed by atoms with Crippen LogP contribution in [0.25, 0.3) is 0 Å². The molecule has 0 aliphatic carbocycles. The quantitative estimate of drug-likeness (QED) is 0.117. The highest BCUT2D eigenvalue weighted by Crippen LogP contribution is 2.50. The number of rotatable bonds is 15. The molecule has 0 saturated heterocycles. The number of methoxy groups -OCH3 is 1. The van der Waals surface area contributed by atoms with Crippen LogP contribution >= 0.6 is 0 Å². The van der Waals surface area contributed by atoms with Gasteiger partial charge < -0.3 is 28.8 Å². The predicted octanol–water partition coefficient (Wildman–Crippen LogP) is 7.37. The Morgan fingerprint density at radius 2 is 1.18 bits per heavy atom. The minimum atomic E-state index is -1.09. The van der Waals surface area contributed by atoms with E-state index in [0.29, 0.717) is 19.3 Å². The molecule has 2 aromatic rings. The highest BCUT2D eigenvalue weighted by molar-refractivity contribution is 5.70. The van der Waals surface area contributed by atoms with Crippen LogP contribution in [0.15, 0.2) is 24.3 Å². The average Bonchev–Trinajstić information content (AvgIpc) is 2.98. The number of ether oxygens (including phenoxy) is 5. The fourth-order valence-corrected chi connectivity index (χ4v) is 6.06. The number of aryl methyl sites for hydroxylation is 2. The Balaban J connectivity index is 1.67. The number of carbonyl (C=O) groups excluding carboxylic acids is 3. The van der Waals surface area contributed by atoms with E-state index in [9.17, 15) is 19.5 Å². The van der Waals surface area contributed by atoms with Gasteiger partial charge in [0.2, 0.25) is 0 Å². The molecule has 49 heavy (non-hydrogen) atoms. The van der Waals surface area contributed by atoms with Crippen LogP contribution in [0.1, 0.15) is 122 Å². The van der Waals surface area contributed by atoms with Gasteiger partial charge >= 0.3 is 11.9 Å². The number of fused-ring (bicyclic) bond motifs is 1. The zero-order valence-corrected chi connectivity index (χ0v) is 31.8. The summed E-state index contributed by atoms with van der Waals surface area (Å²) in [6, 6.07) is 8.09. The number of esters is 2. The van der Waals surface area contributed by atoms with Gasteiger partial charge in [-0.1, -0.05) is 80.5 Å². The third-order valence-corrected chi connectivity index (χ3v) is 8.97. The largest absolute Gasteiger partial charge is 0.507 e. The minimum absolute atomic E-state index is 0.0259. The molecule has 1 atom stereocenters. The molecule has 1 heterocycles. The molecule has 1 unspecified atom stereocenters. The standard InChI is InChI=1S/C40H58O9/c1-36(2,3)28-17-26(18-29(34(28)44)37(4,5)6)13-15-32(42)47-23-40(21-45-12,22-46-25-41)24-48-33(43)16-14-27-19-30(38(7,8)9)35-31(20-27)39(10,11)49-35/h17-20,25,44H,13-16,21-24H2,1-12H3. The molecule has 0 aromatic heterocycles. The molecule has 0 fully saturated rings. The van der Waals surface area contributed by atoms with Gasteiger partial charge in [0.25, 0.3) is 6.47 Å². The molecular formula is C40H58O9. The normalized spacial score (nSPS) is 15.3. The zero-order chi connectivity index (χ0) is 37.0. The van der Waals surface area contributed by atoms with Gasteiger partial charge in [-0.15, -0.1) is 0 Å². The van der Waals surface area contributed by atoms with Crippen LogP contribution < -0.4 is 4.74 Å². The zero-order valence-electron chi connectivity index (χ0n) is 31.8. The number of aromatic hydroxyl groups is 1. The topological polar surface area (TPSA) is 118 Å². The van der Waals surface area contributed by atoms with Crippen LogP contribution in [0.2, 0.25) is 0 Å². The summed E-state index contributed by atoms with van der Waals surface area (Å²) in [4.78, 5) is 37.2.